The number of β-lactam (4-membered cyclic amide) rings is 1. The van der Waals surface area contributed by atoms with Gasteiger partial charge >= 0.3 is 5.97 Å². The maximum atomic E-state index is 11.6. The smallest absolute Gasteiger partial charge is 0.353 e. The molecule has 6 heteroatoms. The molecule has 0 aromatic carbocycles. The molecule has 1 saturated heterocycles. The minimum atomic E-state index is -1.03. The summed E-state index contributed by atoms with van der Waals surface area (Å²) in [4.78, 5) is 24.6. The second-order valence-corrected chi connectivity index (χ2v) is 5.73. The number of aryl methyl sites for hydroxylation is 1. The molecule has 3 rings (SSSR count). The van der Waals surface area contributed by atoms with Gasteiger partial charge in [0.25, 0.3) is 0 Å². The zero-order valence-corrected chi connectivity index (χ0v) is 11.2. The molecule has 0 bridgehead atoms. The van der Waals surface area contributed by atoms with Crippen LogP contribution in [0, 0.1) is 0 Å². The Hall–Kier alpha value is -1.82. The summed E-state index contributed by atoms with van der Waals surface area (Å²) in [7, 11) is 1.87. The largest absolute Gasteiger partial charge is 0.477 e. The van der Waals surface area contributed by atoms with Crippen LogP contribution in [0.4, 0.5) is 0 Å². The predicted octanol–water partition coefficient (Wildman–Crippen LogP) is 0.612. The molecular formula is C13H13N2O3S+. The Labute approximate surface area is 114 Å². The third kappa shape index (κ3) is 1.83. The van der Waals surface area contributed by atoms with Crippen LogP contribution >= 0.6 is 11.8 Å². The molecule has 2 aliphatic rings. The number of aliphatic carboxylic acids is 1. The van der Waals surface area contributed by atoms with Gasteiger partial charge in [-0.15, -0.1) is 11.8 Å². The van der Waals surface area contributed by atoms with Crippen LogP contribution in [0.2, 0.25) is 0 Å². The zero-order valence-electron chi connectivity index (χ0n) is 10.4. The summed E-state index contributed by atoms with van der Waals surface area (Å²) in [6.45, 7) is 0. The number of pyridine rings is 1. The van der Waals surface area contributed by atoms with Gasteiger partial charge in [0.05, 0.1) is 17.4 Å². The minimum absolute atomic E-state index is 0.00336. The molecule has 0 unspecified atom stereocenters. The van der Waals surface area contributed by atoms with Gasteiger partial charge in [-0.1, -0.05) is 0 Å². The third-order valence-corrected chi connectivity index (χ3v) is 4.64. The molecule has 19 heavy (non-hydrogen) atoms. The molecule has 0 radical (unpaired) electrons. The average Bonchev–Trinajstić information content (AvgIpc) is 2.37. The van der Waals surface area contributed by atoms with Gasteiger partial charge in [-0.25, -0.2) is 9.36 Å². The van der Waals surface area contributed by atoms with Crippen LogP contribution in [0.1, 0.15) is 12.1 Å². The molecular weight excluding hydrogens is 264 g/mol. The number of carbonyl (C=O) groups is 2. The van der Waals surface area contributed by atoms with Crippen LogP contribution in [0.5, 0.6) is 0 Å². The van der Waals surface area contributed by atoms with Crippen molar-refractivity contribution in [2.45, 2.75) is 11.8 Å². The number of hydrogen-bond donors (Lipinski definition) is 1. The molecule has 1 aromatic rings. The molecule has 2 aliphatic heterocycles. The van der Waals surface area contributed by atoms with Crippen LogP contribution < -0.4 is 4.57 Å². The van der Waals surface area contributed by atoms with E-state index in [0.717, 1.165) is 5.69 Å². The number of thioether (sulfide) groups is 1. The van der Waals surface area contributed by atoms with Crippen molar-refractivity contribution in [2.75, 3.05) is 5.75 Å². The van der Waals surface area contributed by atoms with Crippen molar-refractivity contribution in [3.05, 3.63) is 35.8 Å². The maximum absolute atomic E-state index is 11.6. The van der Waals surface area contributed by atoms with Crippen LogP contribution in [-0.4, -0.2) is 33.0 Å². The third-order valence-electron chi connectivity index (χ3n) is 3.42. The van der Waals surface area contributed by atoms with Crippen LogP contribution in [-0.2, 0) is 16.6 Å². The van der Waals surface area contributed by atoms with E-state index in [4.69, 9.17) is 0 Å². The molecule has 0 spiro atoms. The Morgan fingerprint density at radius 3 is 2.95 bits per heavy atom. The van der Waals surface area contributed by atoms with Gasteiger partial charge in [-0.05, 0) is 6.07 Å². The van der Waals surface area contributed by atoms with Crippen molar-refractivity contribution < 1.29 is 19.3 Å². The van der Waals surface area contributed by atoms with Crippen molar-refractivity contribution in [1.29, 1.82) is 0 Å². The molecule has 1 amide bonds. The lowest BCUT2D eigenvalue weighted by Crippen LogP contribution is -2.54. The minimum Gasteiger partial charge on any atom is -0.477 e. The standard InChI is InChI=1S/C13H12N2O3S/c1-14-5-3-2-4-9(14)8-7-19-11-6-10(16)15(11)12(8)13(17)18/h2-5,11H,6-7H2,1H3/p+1/t11-/m0/s1. The number of amides is 1. The highest BCUT2D eigenvalue weighted by molar-refractivity contribution is 8.00. The normalized spacial score (nSPS) is 22.1. The predicted molar refractivity (Wildman–Crippen MR) is 69.9 cm³/mol. The summed E-state index contributed by atoms with van der Waals surface area (Å²) in [5.74, 6) is -0.517. The van der Waals surface area contributed by atoms with E-state index >= 15 is 0 Å². The molecule has 3 heterocycles. The van der Waals surface area contributed by atoms with Crippen LogP contribution in [0.15, 0.2) is 30.1 Å². The van der Waals surface area contributed by atoms with E-state index in [1.54, 1.807) is 11.8 Å². The fourth-order valence-corrected chi connectivity index (χ4v) is 3.72. The number of carboxylic acid groups (broad SMARTS) is 1. The SMILES string of the molecule is C[n+]1ccccc1C1=C(C(=O)O)N2C(=O)C[C@@H]2SC1. The first-order valence-corrected chi connectivity index (χ1v) is 6.99. The quantitative estimate of drug-likeness (QED) is 0.635. The Morgan fingerprint density at radius 2 is 2.32 bits per heavy atom. The Morgan fingerprint density at radius 1 is 1.53 bits per heavy atom. The summed E-state index contributed by atoms with van der Waals surface area (Å²) in [6, 6.07) is 5.64. The summed E-state index contributed by atoms with van der Waals surface area (Å²) < 4.78 is 1.88. The topological polar surface area (TPSA) is 61.5 Å². The second-order valence-electron chi connectivity index (χ2n) is 4.56. The van der Waals surface area contributed by atoms with Crippen molar-refractivity contribution in [1.82, 2.24) is 4.90 Å². The number of rotatable bonds is 2. The molecule has 0 aliphatic carbocycles. The van der Waals surface area contributed by atoms with Gasteiger partial charge in [0.1, 0.15) is 12.7 Å². The molecule has 1 fully saturated rings. The lowest BCUT2D eigenvalue weighted by molar-refractivity contribution is -0.673. The summed E-state index contributed by atoms with van der Waals surface area (Å²) in [6.07, 6.45) is 2.31. The van der Waals surface area contributed by atoms with Crippen molar-refractivity contribution in [3.63, 3.8) is 0 Å². The molecule has 0 saturated carbocycles. The van der Waals surface area contributed by atoms with E-state index < -0.39 is 5.97 Å². The van der Waals surface area contributed by atoms with E-state index in [9.17, 15) is 14.7 Å². The number of carboxylic acids is 1. The number of fused-ring (bicyclic) bond motifs is 1. The van der Waals surface area contributed by atoms with Crippen molar-refractivity contribution in [2.24, 2.45) is 7.05 Å². The Balaban J connectivity index is 2.16. The first-order valence-electron chi connectivity index (χ1n) is 5.94. The maximum Gasteiger partial charge on any atom is 0.353 e. The first kappa shape index (κ1) is 12.2. The highest BCUT2D eigenvalue weighted by atomic mass is 32.2. The molecule has 1 N–H and O–H groups in total. The lowest BCUT2D eigenvalue weighted by atomic mass is 10.0. The lowest BCUT2D eigenvalue weighted by Gasteiger charge is -2.43. The summed E-state index contributed by atoms with van der Waals surface area (Å²) >= 11 is 1.62. The number of hydrogen-bond acceptors (Lipinski definition) is 3. The van der Waals surface area contributed by atoms with Gasteiger partial charge in [0.2, 0.25) is 11.6 Å². The van der Waals surface area contributed by atoms with Crippen LogP contribution in [0.25, 0.3) is 5.57 Å². The van der Waals surface area contributed by atoms with Gasteiger partial charge in [0.15, 0.2) is 6.20 Å². The Bertz CT molecular complexity index is 612. The van der Waals surface area contributed by atoms with Gasteiger partial charge in [-0.2, -0.15) is 0 Å². The molecule has 98 valence electrons. The number of carbonyl (C=O) groups excluding carboxylic acids is 1. The van der Waals surface area contributed by atoms with E-state index in [0.29, 0.717) is 17.7 Å². The number of nitrogens with zero attached hydrogens (tertiary/aromatic N) is 2. The fourth-order valence-electron chi connectivity index (χ4n) is 2.45. The highest BCUT2D eigenvalue weighted by Crippen LogP contribution is 2.42. The Kier molecular flexibility index (Phi) is 2.82. The van der Waals surface area contributed by atoms with Gasteiger partial charge in [-0.3, -0.25) is 9.69 Å². The van der Waals surface area contributed by atoms with E-state index in [1.165, 1.54) is 4.90 Å². The zero-order chi connectivity index (χ0) is 13.6. The van der Waals surface area contributed by atoms with Gasteiger partial charge in [0, 0.05) is 17.9 Å². The van der Waals surface area contributed by atoms with Crippen molar-refractivity contribution >= 4 is 29.2 Å². The molecule has 1 aromatic heterocycles. The van der Waals surface area contributed by atoms with E-state index in [1.807, 2.05) is 36.0 Å². The van der Waals surface area contributed by atoms with E-state index in [2.05, 4.69) is 0 Å². The van der Waals surface area contributed by atoms with Crippen LogP contribution in [0.3, 0.4) is 0 Å². The second kappa shape index (κ2) is 4.38. The first-order chi connectivity index (χ1) is 9.09. The van der Waals surface area contributed by atoms with Crippen molar-refractivity contribution in [3.8, 4) is 0 Å². The summed E-state index contributed by atoms with van der Waals surface area (Å²) in [5.41, 5.74) is 1.69. The summed E-state index contributed by atoms with van der Waals surface area (Å²) in [5, 5.41) is 9.43. The van der Waals surface area contributed by atoms with E-state index in [-0.39, 0.29) is 17.0 Å². The highest BCUT2D eigenvalue weighted by Gasteiger charge is 2.46. The van der Waals surface area contributed by atoms with Gasteiger partial charge < -0.3 is 5.11 Å². The monoisotopic (exact) mass is 277 g/mol. The molecule has 5 nitrogen and oxygen atoms in total. The fraction of sp³-hybridized carbons (Fsp3) is 0.308. The number of aromatic nitrogens is 1. The molecule has 1 atom stereocenters. The average molecular weight is 277 g/mol.